The van der Waals surface area contributed by atoms with Crippen molar-refractivity contribution in [2.45, 2.75) is 6.42 Å². The van der Waals surface area contributed by atoms with Gasteiger partial charge in [-0.3, -0.25) is 4.98 Å². The van der Waals surface area contributed by atoms with Crippen LogP contribution in [0, 0.1) is 11.6 Å². The molecule has 1 aromatic carbocycles. The number of aromatic nitrogens is 1. The smallest absolute Gasteiger partial charge is 0.126 e. The molecule has 0 radical (unpaired) electrons. The van der Waals surface area contributed by atoms with Crippen molar-refractivity contribution < 1.29 is 8.78 Å². The summed E-state index contributed by atoms with van der Waals surface area (Å²) in [5, 5.41) is 0. The summed E-state index contributed by atoms with van der Waals surface area (Å²) in [6.45, 7) is 0.529. The fourth-order valence-electron chi connectivity index (χ4n) is 1.66. The molecule has 0 aliphatic heterocycles. The highest BCUT2D eigenvalue weighted by atomic mass is 19.1. The van der Waals surface area contributed by atoms with Gasteiger partial charge in [0.2, 0.25) is 0 Å². The van der Waals surface area contributed by atoms with Crippen molar-refractivity contribution in [3.8, 4) is 11.3 Å². The molecular formula is C13H12F2N2. The molecule has 0 saturated carbocycles. The average Bonchev–Trinajstić information content (AvgIpc) is 2.28. The van der Waals surface area contributed by atoms with Crippen LogP contribution in [-0.2, 0) is 6.42 Å². The number of nitrogens with two attached hydrogens (primary N) is 1. The minimum Gasteiger partial charge on any atom is -0.330 e. The average molecular weight is 234 g/mol. The predicted molar refractivity (Wildman–Crippen MR) is 62.3 cm³/mol. The Labute approximate surface area is 98.1 Å². The van der Waals surface area contributed by atoms with Crippen LogP contribution in [0.2, 0.25) is 0 Å². The van der Waals surface area contributed by atoms with Gasteiger partial charge in [0, 0.05) is 17.8 Å². The second kappa shape index (κ2) is 5.01. The van der Waals surface area contributed by atoms with Gasteiger partial charge in [-0.1, -0.05) is 0 Å². The van der Waals surface area contributed by atoms with Gasteiger partial charge >= 0.3 is 0 Å². The maximum atomic E-state index is 13.1. The highest BCUT2D eigenvalue weighted by Gasteiger charge is 2.05. The molecule has 2 nitrogen and oxygen atoms in total. The minimum absolute atomic E-state index is 0.432. The van der Waals surface area contributed by atoms with Crippen LogP contribution in [0.3, 0.4) is 0 Å². The molecule has 88 valence electrons. The van der Waals surface area contributed by atoms with Crippen molar-refractivity contribution in [3.05, 3.63) is 53.7 Å². The fourth-order valence-corrected chi connectivity index (χ4v) is 1.66. The van der Waals surface area contributed by atoms with E-state index in [1.54, 1.807) is 12.3 Å². The van der Waals surface area contributed by atoms with Crippen LogP contribution in [0.5, 0.6) is 0 Å². The van der Waals surface area contributed by atoms with E-state index in [0.29, 0.717) is 24.2 Å². The summed E-state index contributed by atoms with van der Waals surface area (Å²) in [6.07, 6.45) is 2.33. The summed E-state index contributed by atoms with van der Waals surface area (Å²) < 4.78 is 26.1. The molecule has 0 aliphatic carbocycles. The lowest BCUT2D eigenvalue weighted by atomic mass is 10.1. The van der Waals surface area contributed by atoms with Gasteiger partial charge in [-0.15, -0.1) is 0 Å². The zero-order valence-electron chi connectivity index (χ0n) is 9.16. The molecule has 0 fully saturated rings. The molecule has 0 unspecified atom stereocenters. The van der Waals surface area contributed by atoms with Crippen molar-refractivity contribution in [2.24, 2.45) is 5.73 Å². The van der Waals surface area contributed by atoms with E-state index in [1.165, 1.54) is 12.1 Å². The van der Waals surface area contributed by atoms with Crippen LogP contribution in [0.1, 0.15) is 5.56 Å². The fraction of sp³-hybridized carbons (Fsp3) is 0.154. The molecule has 2 aromatic rings. The summed E-state index contributed by atoms with van der Waals surface area (Å²) >= 11 is 0. The van der Waals surface area contributed by atoms with E-state index in [4.69, 9.17) is 5.73 Å². The van der Waals surface area contributed by atoms with Crippen LogP contribution in [0.15, 0.2) is 36.5 Å². The maximum Gasteiger partial charge on any atom is 0.126 e. The lowest BCUT2D eigenvalue weighted by molar-refractivity contribution is 0.584. The summed E-state index contributed by atoms with van der Waals surface area (Å²) in [6, 6.07) is 7.00. The number of hydrogen-bond donors (Lipinski definition) is 1. The zero-order chi connectivity index (χ0) is 12.3. The number of benzene rings is 1. The summed E-state index contributed by atoms with van der Waals surface area (Å²) in [5.41, 5.74) is 7.44. The summed E-state index contributed by atoms with van der Waals surface area (Å²) in [5.74, 6) is -1.21. The van der Waals surface area contributed by atoms with Crippen molar-refractivity contribution >= 4 is 0 Å². The van der Waals surface area contributed by atoms with E-state index in [9.17, 15) is 8.78 Å². The normalized spacial score (nSPS) is 10.5. The van der Waals surface area contributed by atoms with Crippen molar-refractivity contribution in [1.29, 1.82) is 0 Å². The molecule has 1 aromatic heterocycles. The number of nitrogens with zero attached hydrogens (tertiary/aromatic N) is 1. The number of rotatable bonds is 3. The van der Waals surface area contributed by atoms with Gasteiger partial charge in [-0.25, -0.2) is 8.78 Å². The molecule has 0 atom stereocenters. The maximum absolute atomic E-state index is 13.1. The Bertz CT molecular complexity index is 506. The third-order valence-corrected chi connectivity index (χ3v) is 2.42. The third kappa shape index (κ3) is 2.85. The van der Waals surface area contributed by atoms with E-state index in [-0.39, 0.29) is 0 Å². The summed E-state index contributed by atoms with van der Waals surface area (Å²) in [4.78, 5) is 4.10. The van der Waals surface area contributed by atoms with Crippen LogP contribution in [0.4, 0.5) is 8.78 Å². The molecule has 2 rings (SSSR count). The lowest BCUT2D eigenvalue weighted by Gasteiger charge is -2.04. The van der Waals surface area contributed by atoms with Gasteiger partial charge in [0.1, 0.15) is 11.6 Å². The van der Waals surface area contributed by atoms with Gasteiger partial charge < -0.3 is 5.73 Å². The van der Waals surface area contributed by atoms with Crippen LogP contribution >= 0.6 is 0 Å². The molecule has 0 bridgehead atoms. The zero-order valence-corrected chi connectivity index (χ0v) is 9.16. The first-order valence-corrected chi connectivity index (χ1v) is 5.30. The van der Waals surface area contributed by atoms with E-state index >= 15 is 0 Å². The molecule has 17 heavy (non-hydrogen) atoms. The Balaban J connectivity index is 2.41. The lowest BCUT2D eigenvalue weighted by Crippen LogP contribution is -2.03. The van der Waals surface area contributed by atoms with E-state index in [2.05, 4.69) is 4.98 Å². The molecule has 0 amide bonds. The Morgan fingerprint density at radius 2 is 1.76 bits per heavy atom. The number of hydrogen-bond acceptors (Lipinski definition) is 2. The molecule has 2 N–H and O–H groups in total. The molecule has 0 saturated heterocycles. The highest BCUT2D eigenvalue weighted by molar-refractivity contribution is 5.59. The van der Waals surface area contributed by atoms with E-state index < -0.39 is 11.6 Å². The standard InChI is InChI=1S/C13H12F2N2/c14-11-6-10(7-12(15)8-11)13-5-9(1-3-16)2-4-17-13/h2,4-8H,1,3,16H2. The van der Waals surface area contributed by atoms with Crippen LogP contribution in [-0.4, -0.2) is 11.5 Å². The molecule has 0 aliphatic rings. The van der Waals surface area contributed by atoms with E-state index in [1.807, 2.05) is 6.07 Å². The van der Waals surface area contributed by atoms with Crippen LogP contribution in [0.25, 0.3) is 11.3 Å². The van der Waals surface area contributed by atoms with Gasteiger partial charge in [-0.2, -0.15) is 0 Å². The van der Waals surface area contributed by atoms with E-state index in [0.717, 1.165) is 11.6 Å². The SMILES string of the molecule is NCCc1ccnc(-c2cc(F)cc(F)c2)c1. The topological polar surface area (TPSA) is 38.9 Å². The Kier molecular flexibility index (Phi) is 3.44. The van der Waals surface area contributed by atoms with Crippen molar-refractivity contribution in [3.63, 3.8) is 0 Å². The summed E-state index contributed by atoms with van der Waals surface area (Å²) in [7, 11) is 0. The predicted octanol–water partition coefficient (Wildman–Crippen LogP) is 2.53. The first-order chi connectivity index (χ1) is 8.19. The number of halogens is 2. The largest absolute Gasteiger partial charge is 0.330 e. The van der Waals surface area contributed by atoms with Gasteiger partial charge in [0.05, 0.1) is 5.69 Å². The minimum atomic E-state index is -0.606. The highest BCUT2D eigenvalue weighted by Crippen LogP contribution is 2.20. The molecule has 4 heteroatoms. The molecule has 1 heterocycles. The van der Waals surface area contributed by atoms with Crippen LogP contribution < -0.4 is 5.73 Å². The van der Waals surface area contributed by atoms with Gasteiger partial charge in [0.15, 0.2) is 0 Å². The van der Waals surface area contributed by atoms with Crippen molar-refractivity contribution in [2.75, 3.05) is 6.54 Å². The molecule has 0 spiro atoms. The third-order valence-electron chi connectivity index (χ3n) is 2.42. The second-order valence-corrected chi connectivity index (χ2v) is 3.75. The first-order valence-electron chi connectivity index (χ1n) is 5.30. The monoisotopic (exact) mass is 234 g/mol. The van der Waals surface area contributed by atoms with Gasteiger partial charge in [-0.05, 0) is 42.8 Å². The molecular weight excluding hydrogens is 222 g/mol. The Morgan fingerprint density at radius 3 is 2.41 bits per heavy atom. The van der Waals surface area contributed by atoms with Gasteiger partial charge in [0.25, 0.3) is 0 Å². The second-order valence-electron chi connectivity index (χ2n) is 3.75. The Hall–Kier alpha value is -1.81. The first kappa shape index (κ1) is 11.7. The quantitative estimate of drug-likeness (QED) is 0.886. The number of pyridine rings is 1. The van der Waals surface area contributed by atoms with Crippen molar-refractivity contribution in [1.82, 2.24) is 4.98 Å². The Morgan fingerprint density at radius 1 is 1.06 bits per heavy atom.